The van der Waals surface area contributed by atoms with E-state index >= 15 is 0 Å². The van der Waals surface area contributed by atoms with Gasteiger partial charge in [0.15, 0.2) is 0 Å². The second-order valence-corrected chi connectivity index (χ2v) is 6.04. The first-order valence-electron chi connectivity index (χ1n) is 7.51. The van der Waals surface area contributed by atoms with Crippen LogP contribution in [0, 0.1) is 6.92 Å². The number of rotatable bonds is 4. The molecule has 1 saturated heterocycles. The fourth-order valence-corrected chi connectivity index (χ4v) is 2.78. The fourth-order valence-electron chi connectivity index (χ4n) is 2.78. The third-order valence-corrected chi connectivity index (χ3v) is 4.30. The maximum Gasteiger partial charge on any atom is 0.238 e. The van der Waals surface area contributed by atoms with Crippen molar-refractivity contribution in [2.24, 2.45) is 0 Å². The lowest BCUT2D eigenvalue weighted by atomic mass is 10.0. The van der Waals surface area contributed by atoms with E-state index in [1.54, 1.807) is 0 Å². The Hall–Kier alpha value is -1.59. The van der Waals surface area contributed by atoms with Crippen LogP contribution in [-0.2, 0) is 4.79 Å². The second-order valence-electron chi connectivity index (χ2n) is 6.04. The van der Waals surface area contributed by atoms with Gasteiger partial charge >= 0.3 is 0 Å². The van der Waals surface area contributed by atoms with Gasteiger partial charge < -0.3 is 16.0 Å². The molecule has 1 aliphatic heterocycles. The van der Waals surface area contributed by atoms with Gasteiger partial charge in [0, 0.05) is 30.5 Å². The van der Waals surface area contributed by atoms with Gasteiger partial charge in [0.25, 0.3) is 0 Å². The lowest BCUT2D eigenvalue weighted by Gasteiger charge is -2.34. The minimum Gasteiger partial charge on any atom is -0.398 e. The molecule has 0 aliphatic carbocycles. The Morgan fingerprint density at radius 1 is 1.38 bits per heavy atom. The Morgan fingerprint density at radius 2 is 2.05 bits per heavy atom. The fraction of sp³-hybridized carbons (Fsp3) is 0.562. The minimum absolute atomic E-state index is 0.0343. The Bertz CT molecular complexity index is 493. The first kappa shape index (κ1) is 15.8. The van der Waals surface area contributed by atoms with Gasteiger partial charge in [-0.05, 0) is 51.6 Å². The molecule has 1 heterocycles. The average Bonchev–Trinajstić information content (AvgIpc) is 2.44. The molecule has 21 heavy (non-hydrogen) atoms. The smallest absolute Gasteiger partial charge is 0.238 e. The van der Waals surface area contributed by atoms with E-state index in [2.05, 4.69) is 29.2 Å². The molecule has 0 atom stereocenters. The van der Waals surface area contributed by atoms with E-state index in [0.717, 1.165) is 37.2 Å². The van der Waals surface area contributed by atoms with Crippen molar-refractivity contribution in [3.8, 4) is 0 Å². The van der Waals surface area contributed by atoms with Gasteiger partial charge in [-0.2, -0.15) is 0 Å². The van der Waals surface area contributed by atoms with Crippen LogP contribution in [0.5, 0.6) is 0 Å². The standard InChI is InChI=1S/C16H26N4O/c1-12-14(17)5-4-6-15(12)18-16(21)11-20-9-7-13(8-10-20)19(2)3/h4-6,13H,7-11,17H2,1-3H3,(H,18,21). The van der Waals surface area contributed by atoms with E-state index in [1.807, 2.05) is 25.1 Å². The van der Waals surface area contributed by atoms with E-state index in [-0.39, 0.29) is 5.91 Å². The van der Waals surface area contributed by atoms with Crippen molar-refractivity contribution in [3.05, 3.63) is 23.8 Å². The number of likely N-dealkylation sites (tertiary alicyclic amines) is 1. The first-order valence-corrected chi connectivity index (χ1v) is 7.51. The van der Waals surface area contributed by atoms with Crippen LogP contribution in [0.15, 0.2) is 18.2 Å². The SMILES string of the molecule is Cc1c(N)cccc1NC(=O)CN1CCC(N(C)C)CC1. The number of piperidine rings is 1. The highest BCUT2D eigenvalue weighted by Crippen LogP contribution is 2.20. The number of hydrogen-bond acceptors (Lipinski definition) is 4. The molecule has 5 heteroatoms. The minimum atomic E-state index is 0.0343. The van der Waals surface area contributed by atoms with Crippen molar-refractivity contribution in [2.45, 2.75) is 25.8 Å². The number of anilines is 2. The summed E-state index contributed by atoms with van der Waals surface area (Å²) in [5.41, 5.74) is 8.30. The number of nitrogens with two attached hydrogens (primary N) is 1. The van der Waals surface area contributed by atoms with Gasteiger partial charge in [0.1, 0.15) is 0 Å². The van der Waals surface area contributed by atoms with Crippen LogP contribution in [0.2, 0.25) is 0 Å². The topological polar surface area (TPSA) is 61.6 Å². The van der Waals surface area contributed by atoms with Crippen LogP contribution in [0.1, 0.15) is 18.4 Å². The normalized spacial score (nSPS) is 17.1. The lowest BCUT2D eigenvalue weighted by molar-refractivity contribution is -0.117. The molecule has 3 N–H and O–H groups in total. The highest BCUT2D eigenvalue weighted by Gasteiger charge is 2.22. The Balaban J connectivity index is 1.84. The molecule has 5 nitrogen and oxygen atoms in total. The van der Waals surface area contributed by atoms with Crippen molar-refractivity contribution < 1.29 is 4.79 Å². The number of amides is 1. The highest BCUT2D eigenvalue weighted by atomic mass is 16.2. The van der Waals surface area contributed by atoms with Crippen LogP contribution in [-0.4, -0.2) is 55.5 Å². The van der Waals surface area contributed by atoms with Crippen LogP contribution in [0.25, 0.3) is 0 Å². The average molecular weight is 290 g/mol. The van der Waals surface area contributed by atoms with Gasteiger partial charge in [0.2, 0.25) is 5.91 Å². The van der Waals surface area contributed by atoms with Crippen LogP contribution in [0.4, 0.5) is 11.4 Å². The predicted octanol–water partition coefficient (Wildman–Crippen LogP) is 1.54. The zero-order chi connectivity index (χ0) is 15.4. The molecule has 0 spiro atoms. The van der Waals surface area contributed by atoms with Crippen LogP contribution < -0.4 is 11.1 Å². The van der Waals surface area contributed by atoms with Gasteiger partial charge in [-0.3, -0.25) is 9.69 Å². The molecule has 1 aliphatic rings. The Labute approximate surface area is 127 Å². The number of carbonyl (C=O) groups excluding carboxylic acids is 1. The van der Waals surface area contributed by atoms with E-state index < -0.39 is 0 Å². The highest BCUT2D eigenvalue weighted by molar-refractivity contribution is 5.93. The molecule has 0 radical (unpaired) electrons. The molecule has 1 aromatic rings. The monoisotopic (exact) mass is 290 g/mol. The van der Waals surface area contributed by atoms with E-state index in [9.17, 15) is 4.79 Å². The van der Waals surface area contributed by atoms with Crippen LogP contribution >= 0.6 is 0 Å². The summed E-state index contributed by atoms with van der Waals surface area (Å²) >= 11 is 0. The molecular weight excluding hydrogens is 264 g/mol. The second kappa shape index (κ2) is 6.91. The molecule has 1 fully saturated rings. The van der Waals surface area contributed by atoms with Gasteiger partial charge in [0.05, 0.1) is 6.54 Å². The quantitative estimate of drug-likeness (QED) is 0.826. The van der Waals surface area contributed by atoms with Crippen molar-refractivity contribution in [1.29, 1.82) is 0 Å². The molecule has 0 bridgehead atoms. The zero-order valence-electron chi connectivity index (χ0n) is 13.2. The summed E-state index contributed by atoms with van der Waals surface area (Å²) in [7, 11) is 4.24. The number of nitrogen functional groups attached to an aromatic ring is 1. The van der Waals surface area contributed by atoms with Gasteiger partial charge in [-0.25, -0.2) is 0 Å². The van der Waals surface area contributed by atoms with Crippen molar-refractivity contribution in [3.63, 3.8) is 0 Å². The molecular formula is C16H26N4O. The number of benzene rings is 1. The van der Waals surface area contributed by atoms with Crippen molar-refractivity contribution in [2.75, 3.05) is 44.8 Å². The number of carbonyl (C=O) groups is 1. The van der Waals surface area contributed by atoms with Gasteiger partial charge in [-0.1, -0.05) is 6.07 Å². The molecule has 116 valence electrons. The predicted molar refractivity (Wildman–Crippen MR) is 87.4 cm³/mol. The molecule has 1 aromatic carbocycles. The van der Waals surface area contributed by atoms with Crippen molar-refractivity contribution >= 4 is 17.3 Å². The molecule has 1 amide bonds. The summed E-state index contributed by atoms with van der Waals surface area (Å²) in [6.45, 7) is 4.33. The number of hydrogen-bond donors (Lipinski definition) is 2. The van der Waals surface area contributed by atoms with Gasteiger partial charge in [-0.15, -0.1) is 0 Å². The Kier molecular flexibility index (Phi) is 5.20. The van der Waals surface area contributed by atoms with Crippen LogP contribution in [0.3, 0.4) is 0 Å². The molecule has 0 unspecified atom stereocenters. The summed E-state index contributed by atoms with van der Waals surface area (Å²) in [4.78, 5) is 16.6. The summed E-state index contributed by atoms with van der Waals surface area (Å²) in [6, 6.07) is 6.24. The maximum atomic E-state index is 12.2. The zero-order valence-corrected chi connectivity index (χ0v) is 13.2. The van der Waals surface area contributed by atoms with E-state index in [1.165, 1.54) is 0 Å². The summed E-state index contributed by atoms with van der Waals surface area (Å²) < 4.78 is 0. The summed E-state index contributed by atoms with van der Waals surface area (Å²) in [5.74, 6) is 0.0343. The lowest BCUT2D eigenvalue weighted by Crippen LogP contribution is -2.44. The van der Waals surface area contributed by atoms with Crippen molar-refractivity contribution in [1.82, 2.24) is 9.80 Å². The Morgan fingerprint density at radius 3 is 2.67 bits per heavy atom. The molecule has 0 saturated carbocycles. The maximum absolute atomic E-state index is 12.2. The molecule has 0 aromatic heterocycles. The number of nitrogens with zero attached hydrogens (tertiary/aromatic N) is 2. The summed E-state index contributed by atoms with van der Waals surface area (Å²) in [5, 5.41) is 2.96. The first-order chi connectivity index (χ1) is 9.97. The third-order valence-electron chi connectivity index (χ3n) is 4.30. The third kappa shape index (κ3) is 4.19. The van der Waals surface area contributed by atoms with E-state index in [0.29, 0.717) is 18.3 Å². The number of nitrogens with one attached hydrogen (secondary N) is 1. The molecule has 2 rings (SSSR count). The van der Waals surface area contributed by atoms with E-state index in [4.69, 9.17) is 5.73 Å². The largest absolute Gasteiger partial charge is 0.398 e. The summed E-state index contributed by atoms with van der Waals surface area (Å²) in [6.07, 6.45) is 2.25.